The zero-order valence-electron chi connectivity index (χ0n) is 10.5. The summed E-state index contributed by atoms with van der Waals surface area (Å²) in [7, 11) is 0. The molecule has 1 aromatic carbocycles. The van der Waals surface area contributed by atoms with Crippen molar-refractivity contribution in [1.82, 2.24) is 10.3 Å². The molecule has 0 spiro atoms. The summed E-state index contributed by atoms with van der Waals surface area (Å²) in [6.45, 7) is 0. The van der Waals surface area contributed by atoms with Gasteiger partial charge in [-0.1, -0.05) is 24.3 Å². The lowest BCUT2D eigenvalue weighted by molar-refractivity contribution is 0.0932. The number of fused-ring (bicyclic) bond motifs is 1. The number of carbonyl (C=O) groups is 1. The number of rotatable bonds is 2. The largest absolute Gasteiger partial charge is 0.342 e. The van der Waals surface area contributed by atoms with Gasteiger partial charge < -0.3 is 5.32 Å². The Morgan fingerprint density at radius 2 is 2.10 bits per heavy atom. The number of carbonyl (C=O) groups excluding carboxylic acids is 1. The highest BCUT2D eigenvalue weighted by molar-refractivity contribution is 6.21. The molecule has 1 amide bonds. The number of aromatic nitrogens is 1. The van der Waals surface area contributed by atoms with Gasteiger partial charge in [0.25, 0.3) is 5.91 Å². The summed E-state index contributed by atoms with van der Waals surface area (Å²) >= 11 is 6.31. The Morgan fingerprint density at radius 3 is 2.85 bits per heavy atom. The van der Waals surface area contributed by atoms with Gasteiger partial charge in [0.1, 0.15) is 11.5 Å². The van der Waals surface area contributed by atoms with E-state index in [1.807, 2.05) is 24.3 Å². The Labute approximate surface area is 120 Å². The van der Waals surface area contributed by atoms with Crippen molar-refractivity contribution in [1.29, 1.82) is 0 Å². The Hall–Kier alpha value is -1.94. The number of nitrogens with one attached hydrogen (secondary N) is 1. The summed E-state index contributed by atoms with van der Waals surface area (Å²) in [5.74, 6) is -0.819. The quantitative estimate of drug-likeness (QED) is 0.864. The number of halogens is 2. The van der Waals surface area contributed by atoms with Gasteiger partial charge in [-0.25, -0.2) is 9.37 Å². The molecule has 0 fully saturated rings. The minimum Gasteiger partial charge on any atom is -0.342 e. The standard InChI is InChI=1S/C15H12ClFN2O/c16-12-7-9-3-1-2-4-11(9)14(12)19-15(20)13-6-5-10(17)8-18-13/h1-6,8,12,14H,7H2,(H,19,20). The van der Waals surface area contributed by atoms with E-state index in [2.05, 4.69) is 10.3 Å². The molecule has 3 rings (SSSR count). The van der Waals surface area contributed by atoms with Crippen LogP contribution in [0.4, 0.5) is 4.39 Å². The molecule has 5 heteroatoms. The molecule has 1 aliphatic rings. The predicted molar refractivity (Wildman–Crippen MR) is 74.2 cm³/mol. The molecule has 0 saturated heterocycles. The van der Waals surface area contributed by atoms with E-state index in [-0.39, 0.29) is 23.0 Å². The first-order valence-electron chi connectivity index (χ1n) is 6.29. The lowest BCUT2D eigenvalue weighted by Crippen LogP contribution is -2.32. The Morgan fingerprint density at radius 1 is 1.30 bits per heavy atom. The van der Waals surface area contributed by atoms with Crippen LogP contribution in [0.25, 0.3) is 0 Å². The first-order valence-corrected chi connectivity index (χ1v) is 6.73. The van der Waals surface area contributed by atoms with Crippen molar-refractivity contribution in [3.8, 4) is 0 Å². The van der Waals surface area contributed by atoms with E-state index in [1.165, 1.54) is 12.1 Å². The average Bonchev–Trinajstić information content (AvgIpc) is 2.76. The van der Waals surface area contributed by atoms with Crippen molar-refractivity contribution in [2.24, 2.45) is 0 Å². The van der Waals surface area contributed by atoms with Crippen LogP contribution in [-0.4, -0.2) is 16.3 Å². The van der Waals surface area contributed by atoms with Crippen molar-refractivity contribution in [3.63, 3.8) is 0 Å². The summed E-state index contributed by atoms with van der Waals surface area (Å²) in [6, 6.07) is 10.2. The highest BCUT2D eigenvalue weighted by atomic mass is 35.5. The number of alkyl halides is 1. The van der Waals surface area contributed by atoms with Crippen LogP contribution in [0.15, 0.2) is 42.6 Å². The molecular weight excluding hydrogens is 279 g/mol. The molecule has 3 nitrogen and oxygen atoms in total. The minimum atomic E-state index is -0.469. The molecular formula is C15H12ClFN2O. The molecule has 2 aromatic rings. The SMILES string of the molecule is O=C(NC1c2ccccc2CC1Cl)c1ccc(F)cn1. The summed E-state index contributed by atoms with van der Waals surface area (Å²) in [5.41, 5.74) is 2.35. The van der Waals surface area contributed by atoms with Crippen LogP contribution in [0.5, 0.6) is 0 Å². The van der Waals surface area contributed by atoms with Crippen LogP contribution in [0.2, 0.25) is 0 Å². The van der Waals surface area contributed by atoms with Gasteiger partial charge >= 0.3 is 0 Å². The number of hydrogen-bond donors (Lipinski definition) is 1. The molecule has 2 atom stereocenters. The van der Waals surface area contributed by atoms with Gasteiger partial charge in [-0.05, 0) is 29.7 Å². The van der Waals surface area contributed by atoms with Crippen molar-refractivity contribution in [2.45, 2.75) is 17.8 Å². The number of benzene rings is 1. The van der Waals surface area contributed by atoms with E-state index in [1.54, 1.807) is 0 Å². The number of nitrogens with zero attached hydrogens (tertiary/aromatic N) is 1. The molecule has 0 bridgehead atoms. The molecule has 1 heterocycles. The first kappa shape index (κ1) is 13.1. The topological polar surface area (TPSA) is 42.0 Å². The summed E-state index contributed by atoms with van der Waals surface area (Å²) < 4.78 is 12.8. The van der Waals surface area contributed by atoms with E-state index >= 15 is 0 Å². The second-order valence-electron chi connectivity index (χ2n) is 4.73. The third-order valence-corrected chi connectivity index (χ3v) is 3.82. The maximum absolute atomic E-state index is 12.8. The van der Waals surface area contributed by atoms with Gasteiger partial charge in [-0.3, -0.25) is 4.79 Å². The Bertz CT molecular complexity index is 645. The van der Waals surface area contributed by atoms with E-state index in [0.29, 0.717) is 0 Å². The molecule has 0 aliphatic heterocycles. The molecule has 0 saturated carbocycles. The van der Waals surface area contributed by atoms with Gasteiger partial charge in [0.05, 0.1) is 17.6 Å². The number of pyridine rings is 1. The average molecular weight is 291 g/mol. The van der Waals surface area contributed by atoms with E-state index in [0.717, 1.165) is 23.7 Å². The fourth-order valence-electron chi connectivity index (χ4n) is 2.44. The lowest BCUT2D eigenvalue weighted by Gasteiger charge is -2.17. The maximum Gasteiger partial charge on any atom is 0.270 e. The molecule has 2 unspecified atom stereocenters. The molecule has 0 radical (unpaired) electrons. The second kappa shape index (κ2) is 5.21. The van der Waals surface area contributed by atoms with Crippen LogP contribution in [0, 0.1) is 5.82 Å². The van der Waals surface area contributed by atoms with Crippen LogP contribution < -0.4 is 5.32 Å². The third-order valence-electron chi connectivity index (χ3n) is 3.41. The van der Waals surface area contributed by atoms with Gasteiger partial charge in [0.2, 0.25) is 0 Å². The van der Waals surface area contributed by atoms with Crippen molar-refractivity contribution >= 4 is 17.5 Å². The molecule has 102 valence electrons. The van der Waals surface area contributed by atoms with E-state index in [4.69, 9.17) is 11.6 Å². The summed E-state index contributed by atoms with van der Waals surface area (Å²) in [4.78, 5) is 15.9. The van der Waals surface area contributed by atoms with Crippen molar-refractivity contribution in [2.75, 3.05) is 0 Å². The molecule has 1 aromatic heterocycles. The Kier molecular flexibility index (Phi) is 3.40. The Balaban J connectivity index is 1.81. The van der Waals surface area contributed by atoms with E-state index < -0.39 is 5.82 Å². The van der Waals surface area contributed by atoms with Gasteiger partial charge in [-0.2, -0.15) is 0 Å². The molecule has 1 N–H and O–H groups in total. The van der Waals surface area contributed by atoms with Crippen molar-refractivity contribution < 1.29 is 9.18 Å². The molecule has 20 heavy (non-hydrogen) atoms. The van der Waals surface area contributed by atoms with Gasteiger partial charge in [0, 0.05) is 0 Å². The second-order valence-corrected chi connectivity index (χ2v) is 5.29. The summed E-state index contributed by atoms with van der Waals surface area (Å²) in [6.07, 6.45) is 1.75. The van der Waals surface area contributed by atoms with Crippen LogP contribution in [-0.2, 0) is 6.42 Å². The van der Waals surface area contributed by atoms with Crippen molar-refractivity contribution in [3.05, 3.63) is 65.2 Å². The monoisotopic (exact) mass is 290 g/mol. The fourth-order valence-corrected chi connectivity index (χ4v) is 2.80. The zero-order chi connectivity index (χ0) is 14.1. The number of hydrogen-bond acceptors (Lipinski definition) is 2. The third kappa shape index (κ3) is 2.39. The smallest absolute Gasteiger partial charge is 0.270 e. The first-order chi connectivity index (χ1) is 9.65. The normalized spacial score (nSPS) is 20.5. The zero-order valence-corrected chi connectivity index (χ0v) is 11.3. The van der Waals surface area contributed by atoms with Crippen LogP contribution in [0.1, 0.15) is 27.7 Å². The highest BCUT2D eigenvalue weighted by Crippen LogP contribution is 2.34. The number of amides is 1. The lowest BCUT2D eigenvalue weighted by atomic mass is 10.1. The fraction of sp³-hybridized carbons (Fsp3) is 0.200. The highest BCUT2D eigenvalue weighted by Gasteiger charge is 2.32. The summed E-state index contributed by atoms with van der Waals surface area (Å²) in [5, 5.41) is 2.68. The predicted octanol–water partition coefficient (Wildman–Crippen LogP) is 2.86. The minimum absolute atomic E-state index is 0.180. The van der Waals surface area contributed by atoms with Crippen LogP contribution in [0.3, 0.4) is 0 Å². The van der Waals surface area contributed by atoms with Gasteiger partial charge in [0.15, 0.2) is 0 Å². The molecule has 1 aliphatic carbocycles. The maximum atomic E-state index is 12.8. The van der Waals surface area contributed by atoms with Gasteiger partial charge in [-0.15, -0.1) is 11.6 Å². The van der Waals surface area contributed by atoms with E-state index in [9.17, 15) is 9.18 Å². The van der Waals surface area contributed by atoms with Crippen LogP contribution >= 0.6 is 11.6 Å².